The van der Waals surface area contributed by atoms with E-state index in [1.54, 1.807) is 12.4 Å². The van der Waals surface area contributed by atoms with Gasteiger partial charge in [-0.2, -0.15) is 0 Å². The molecule has 2 atom stereocenters. The minimum absolute atomic E-state index is 0.0500. The summed E-state index contributed by atoms with van der Waals surface area (Å²) in [5.74, 6) is 0.658. The Morgan fingerprint density at radius 3 is 2.60 bits per heavy atom. The van der Waals surface area contributed by atoms with Crippen LogP contribution >= 0.6 is 11.3 Å². The van der Waals surface area contributed by atoms with Gasteiger partial charge in [-0.25, -0.2) is 19.7 Å². The molecule has 1 aromatic carbocycles. The van der Waals surface area contributed by atoms with E-state index in [9.17, 15) is 4.79 Å². The fraction of sp³-hybridized carbons (Fsp3) is 0.440. The van der Waals surface area contributed by atoms with E-state index < -0.39 is 5.60 Å². The molecule has 1 saturated carbocycles. The summed E-state index contributed by atoms with van der Waals surface area (Å²) in [5, 5.41) is 6.71. The van der Waals surface area contributed by atoms with Crippen LogP contribution in [0.4, 0.5) is 15.9 Å². The lowest BCUT2D eigenvalue weighted by Gasteiger charge is -2.23. The molecule has 1 aliphatic heterocycles. The van der Waals surface area contributed by atoms with Crippen molar-refractivity contribution in [1.29, 1.82) is 0 Å². The number of thiazole rings is 1. The third-order valence-electron chi connectivity index (χ3n) is 6.43. The summed E-state index contributed by atoms with van der Waals surface area (Å²) >= 11 is 1.54. The number of carbonyl (C=O) groups excluding carboxylic acids is 1. The summed E-state index contributed by atoms with van der Waals surface area (Å²) in [7, 11) is 0. The normalized spacial score (nSPS) is 20.6. The average Bonchev–Trinajstić information content (AvgIpc) is 3.23. The van der Waals surface area contributed by atoms with Crippen molar-refractivity contribution in [2.45, 2.75) is 57.4 Å². The van der Waals surface area contributed by atoms with Crippen LogP contribution in [-0.4, -0.2) is 39.3 Å². The zero-order valence-corrected chi connectivity index (χ0v) is 20.7. The zero-order chi connectivity index (χ0) is 24.4. The SMILES string of the molecule is CC(C)NC(=O)OC1(C2CO[C@@H](c3cnc(Nc4ncc(-c5ccc(CN)cc5)s4)nc3)C2)CC1. The van der Waals surface area contributed by atoms with E-state index in [0.29, 0.717) is 19.1 Å². The maximum Gasteiger partial charge on any atom is 0.407 e. The third kappa shape index (κ3) is 5.44. The fourth-order valence-electron chi connectivity index (χ4n) is 4.33. The maximum atomic E-state index is 12.1. The van der Waals surface area contributed by atoms with Crippen molar-refractivity contribution in [2.24, 2.45) is 11.7 Å². The highest BCUT2D eigenvalue weighted by Crippen LogP contribution is 2.52. The number of aromatic nitrogens is 3. The van der Waals surface area contributed by atoms with Gasteiger partial charge >= 0.3 is 6.09 Å². The molecule has 0 bridgehead atoms. The Morgan fingerprint density at radius 2 is 1.94 bits per heavy atom. The van der Waals surface area contributed by atoms with Crippen LogP contribution in [0, 0.1) is 5.92 Å². The van der Waals surface area contributed by atoms with Crippen molar-refractivity contribution in [2.75, 3.05) is 11.9 Å². The Bertz CT molecular complexity index is 1160. The van der Waals surface area contributed by atoms with Gasteiger partial charge in [-0.05, 0) is 44.2 Å². The average molecular weight is 495 g/mol. The molecule has 2 fully saturated rings. The van der Waals surface area contributed by atoms with E-state index >= 15 is 0 Å². The van der Waals surface area contributed by atoms with Gasteiger partial charge in [0.1, 0.15) is 5.60 Å². The minimum Gasteiger partial charge on any atom is -0.443 e. The van der Waals surface area contributed by atoms with Gasteiger partial charge in [0, 0.05) is 42.7 Å². The van der Waals surface area contributed by atoms with E-state index in [4.69, 9.17) is 15.2 Å². The molecule has 3 aromatic rings. The molecule has 1 unspecified atom stereocenters. The van der Waals surface area contributed by atoms with Crippen LogP contribution in [-0.2, 0) is 16.0 Å². The van der Waals surface area contributed by atoms with Crippen LogP contribution in [0.5, 0.6) is 0 Å². The van der Waals surface area contributed by atoms with Crippen molar-refractivity contribution in [3.63, 3.8) is 0 Å². The van der Waals surface area contributed by atoms with Gasteiger partial charge in [0.15, 0.2) is 5.13 Å². The number of rotatable bonds is 8. The quantitative estimate of drug-likeness (QED) is 0.417. The van der Waals surface area contributed by atoms with Crippen molar-refractivity contribution in [3.05, 3.63) is 54.0 Å². The maximum absolute atomic E-state index is 12.1. The fourth-order valence-corrected chi connectivity index (χ4v) is 5.14. The lowest BCUT2D eigenvalue weighted by Crippen LogP contribution is -2.37. The number of ether oxygens (including phenoxy) is 2. The first kappa shape index (κ1) is 23.7. The number of nitrogens with two attached hydrogens (primary N) is 1. The molecule has 4 N–H and O–H groups in total. The van der Waals surface area contributed by atoms with Crippen LogP contribution in [0.1, 0.15) is 50.3 Å². The Balaban J connectivity index is 1.17. The molecule has 3 heterocycles. The summed E-state index contributed by atoms with van der Waals surface area (Å²) in [5.41, 5.74) is 8.38. The van der Waals surface area contributed by atoms with Gasteiger partial charge in [0.05, 0.1) is 17.6 Å². The van der Waals surface area contributed by atoms with Crippen molar-refractivity contribution in [1.82, 2.24) is 20.3 Å². The smallest absolute Gasteiger partial charge is 0.407 e. The molecule has 2 aliphatic rings. The molecule has 2 aromatic heterocycles. The van der Waals surface area contributed by atoms with E-state index in [1.807, 2.05) is 44.3 Å². The monoisotopic (exact) mass is 494 g/mol. The van der Waals surface area contributed by atoms with Crippen LogP contribution in [0.3, 0.4) is 0 Å². The summed E-state index contributed by atoms with van der Waals surface area (Å²) in [6.45, 7) is 4.93. The van der Waals surface area contributed by atoms with Gasteiger partial charge in [0.2, 0.25) is 5.95 Å². The topological polar surface area (TPSA) is 124 Å². The molecule has 9 nitrogen and oxygen atoms in total. The van der Waals surface area contributed by atoms with Crippen molar-refractivity contribution < 1.29 is 14.3 Å². The molecule has 0 radical (unpaired) electrons. The number of carbonyl (C=O) groups is 1. The molecule has 0 spiro atoms. The molecule has 5 rings (SSSR count). The van der Waals surface area contributed by atoms with Gasteiger partial charge in [-0.1, -0.05) is 35.6 Å². The van der Waals surface area contributed by atoms with Gasteiger partial charge in [-0.15, -0.1) is 0 Å². The highest BCUT2D eigenvalue weighted by Gasteiger charge is 2.55. The van der Waals surface area contributed by atoms with E-state index in [-0.39, 0.29) is 24.2 Å². The minimum atomic E-state index is -0.400. The lowest BCUT2D eigenvalue weighted by molar-refractivity contribution is 0.0336. The second kappa shape index (κ2) is 9.88. The summed E-state index contributed by atoms with van der Waals surface area (Å²) < 4.78 is 11.8. The van der Waals surface area contributed by atoms with Crippen molar-refractivity contribution >= 4 is 28.5 Å². The molecule has 1 saturated heterocycles. The predicted octanol–water partition coefficient (Wildman–Crippen LogP) is 4.55. The molecule has 1 aliphatic carbocycles. The molecular weight excluding hydrogens is 464 g/mol. The first-order valence-corrected chi connectivity index (χ1v) is 12.7. The van der Waals surface area contributed by atoms with E-state index in [0.717, 1.165) is 46.0 Å². The van der Waals surface area contributed by atoms with Gasteiger partial charge in [-0.3, -0.25) is 0 Å². The molecule has 184 valence electrons. The summed E-state index contributed by atoms with van der Waals surface area (Å²) in [4.78, 5) is 26.5. The number of nitrogens with one attached hydrogen (secondary N) is 2. The predicted molar refractivity (Wildman–Crippen MR) is 134 cm³/mol. The highest BCUT2D eigenvalue weighted by atomic mass is 32.1. The number of nitrogens with zero attached hydrogens (tertiary/aromatic N) is 3. The number of amides is 1. The van der Waals surface area contributed by atoms with Crippen LogP contribution in [0.2, 0.25) is 0 Å². The van der Waals surface area contributed by atoms with Gasteiger partial charge in [0.25, 0.3) is 0 Å². The number of alkyl carbamates (subject to hydrolysis) is 1. The summed E-state index contributed by atoms with van der Waals surface area (Å²) in [6.07, 6.45) is 7.50. The van der Waals surface area contributed by atoms with Crippen LogP contribution in [0.25, 0.3) is 10.4 Å². The summed E-state index contributed by atoms with van der Waals surface area (Å²) in [6, 6.07) is 8.20. The Morgan fingerprint density at radius 1 is 1.20 bits per heavy atom. The van der Waals surface area contributed by atoms with E-state index in [2.05, 4.69) is 25.6 Å². The number of hydrogen-bond acceptors (Lipinski definition) is 9. The molecule has 10 heteroatoms. The molecule has 1 amide bonds. The first-order valence-electron chi connectivity index (χ1n) is 11.9. The van der Waals surface area contributed by atoms with Crippen molar-refractivity contribution in [3.8, 4) is 10.4 Å². The van der Waals surface area contributed by atoms with Crippen LogP contribution in [0.15, 0.2) is 42.9 Å². The zero-order valence-electron chi connectivity index (χ0n) is 19.9. The van der Waals surface area contributed by atoms with E-state index in [1.165, 1.54) is 11.3 Å². The molecular formula is C25H30N6O3S. The lowest BCUT2D eigenvalue weighted by atomic mass is 9.95. The number of benzene rings is 1. The first-order chi connectivity index (χ1) is 16.9. The van der Waals surface area contributed by atoms with Gasteiger partial charge < -0.3 is 25.8 Å². The molecule has 35 heavy (non-hydrogen) atoms. The second-order valence-corrected chi connectivity index (χ2v) is 10.4. The Labute approximate surface area is 208 Å². The number of hydrogen-bond donors (Lipinski definition) is 3. The largest absolute Gasteiger partial charge is 0.443 e. The Kier molecular flexibility index (Phi) is 6.68. The Hall–Kier alpha value is -3.08. The third-order valence-corrected chi connectivity index (χ3v) is 7.39. The highest BCUT2D eigenvalue weighted by molar-refractivity contribution is 7.18. The standard InChI is InChI=1S/C25H30N6O3S/c1-15(2)30-24(32)34-25(7-8-25)19-9-20(33-14-19)18-11-27-22(28-12-18)31-23-29-13-21(35-23)17-5-3-16(10-26)4-6-17/h3-6,11-13,15,19-20H,7-10,14,26H2,1-2H3,(H,30,32)(H,27,28,29,31)/t19?,20-/m1/s1. The van der Waals surface area contributed by atoms with Crippen LogP contribution < -0.4 is 16.4 Å². The number of anilines is 2. The second-order valence-electron chi connectivity index (χ2n) is 9.40.